The largest absolute Gasteiger partial charge is 0.417 e. The molecule has 0 radical (unpaired) electrons. The van der Waals surface area contributed by atoms with Gasteiger partial charge in [0.1, 0.15) is 0 Å². The predicted octanol–water partition coefficient (Wildman–Crippen LogP) is 3.76. The van der Waals surface area contributed by atoms with E-state index in [0.717, 1.165) is 17.8 Å². The Kier molecular flexibility index (Phi) is 6.16. The fraction of sp³-hybridized carbons (Fsp3) is 0.222. The van der Waals surface area contributed by atoms with Crippen LogP contribution in [0.5, 0.6) is 0 Å². The van der Waals surface area contributed by atoms with Gasteiger partial charge in [0, 0.05) is 12.1 Å². The average Bonchev–Trinajstić information content (AvgIpc) is 2.60. The highest BCUT2D eigenvalue weighted by Gasteiger charge is 2.32. The zero-order valence-corrected chi connectivity index (χ0v) is 13.5. The van der Waals surface area contributed by atoms with Crippen molar-refractivity contribution in [3.63, 3.8) is 0 Å². The van der Waals surface area contributed by atoms with Gasteiger partial charge in [-0.3, -0.25) is 4.79 Å². The minimum Gasteiger partial charge on any atom is -0.383 e. The van der Waals surface area contributed by atoms with Gasteiger partial charge in [0.15, 0.2) is 0 Å². The van der Waals surface area contributed by atoms with Gasteiger partial charge < -0.3 is 10.2 Å². The van der Waals surface area contributed by atoms with Crippen molar-refractivity contribution in [2.45, 2.75) is 25.7 Å². The van der Waals surface area contributed by atoms with E-state index in [1.54, 1.807) is 0 Å². The van der Waals surface area contributed by atoms with Crippen LogP contribution in [0.4, 0.5) is 13.2 Å². The molecule has 0 fully saturated rings. The molecule has 1 amide bonds. The highest BCUT2D eigenvalue weighted by atomic mass is 19.4. The molecule has 0 aliphatic carbocycles. The highest BCUT2D eigenvalue weighted by Crippen LogP contribution is 2.31. The van der Waals surface area contributed by atoms with Crippen LogP contribution in [0, 0.1) is 0 Å². The summed E-state index contributed by atoms with van der Waals surface area (Å²) in [6.07, 6.45) is -4.47. The summed E-state index contributed by atoms with van der Waals surface area (Å²) in [5.41, 5.74) is -0.0268. The number of nitrogens with zero attached hydrogens (tertiary/aromatic N) is 1. The van der Waals surface area contributed by atoms with Crippen molar-refractivity contribution in [3.05, 3.63) is 71.3 Å². The van der Waals surface area contributed by atoms with E-state index in [0.29, 0.717) is 6.54 Å². The lowest BCUT2D eigenvalue weighted by atomic mass is 10.1. The number of rotatable bonds is 6. The molecule has 0 saturated heterocycles. The van der Waals surface area contributed by atoms with E-state index in [-0.39, 0.29) is 5.56 Å². The van der Waals surface area contributed by atoms with E-state index < -0.39 is 23.8 Å². The van der Waals surface area contributed by atoms with Crippen molar-refractivity contribution < 1.29 is 22.8 Å². The standard InChI is InChI=1S/C18H17F3N2O2/c1-13(17(24)22-11-14-7-3-2-4-8-14)25-23-12-15-9-5-6-10-16(15)18(19,20)21/h2-10,12-13H,11H2,1H3,(H,22,24)/b23-12-/t13-/m1/s1. The fourth-order valence-electron chi connectivity index (χ4n) is 2.02. The molecule has 2 rings (SSSR count). The Hall–Kier alpha value is -2.83. The summed E-state index contributed by atoms with van der Waals surface area (Å²) in [5, 5.41) is 6.17. The summed E-state index contributed by atoms with van der Waals surface area (Å²) in [7, 11) is 0. The van der Waals surface area contributed by atoms with Gasteiger partial charge in [-0.05, 0) is 18.6 Å². The van der Waals surface area contributed by atoms with E-state index in [1.807, 2.05) is 30.3 Å². The fourth-order valence-corrected chi connectivity index (χ4v) is 2.02. The second kappa shape index (κ2) is 8.32. The summed E-state index contributed by atoms with van der Waals surface area (Å²) in [4.78, 5) is 16.8. The molecule has 1 N–H and O–H groups in total. The molecule has 0 saturated carbocycles. The zero-order valence-electron chi connectivity index (χ0n) is 13.5. The first-order chi connectivity index (χ1) is 11.9. The Bertz CT molecular complexity index is 731. The first kappa shape index (κ1) is 18.5. The Balaban J connectivity index is 1.90. The van der Waals surface area contributed by atoms with Crippen molar-refractivity contribution in [1.29, 1.82) is 0 Å². The summed E-state index contributed by atoms with van der Waals surface area (Å²) in [6, 6.07) is 14.3. The first-order valence-corrected chi connectivity index (χ1v) is 7.55. The van der Waals surface area contributed by atoms with Gasteiger partial charge in [-0.25, -0.2) is 0 Å². The summed E-state index contributed by atoms with van der Waals surface area (Å²) >= 11 is 0. The highest BCUT2D eigenvalue weighted by molar-refractivity contribution is 5.82. The van der Waals surface area contributed by atoms with Crippen LogP contribution in [0.15, 0.2) is 59.8 Å². The second-order valence-electron chi connectivity index (χ2n) is 5.27. The van der Waals surface area contributed by atoms with Gasteiger partial charge in [0.25, 0.3) is 5.91 Å². The van der Waals surface area contributed by atoms with Crippen LogP contribution in [0.2, 0.25) is 0 Å². The summed E-state index contributed by atoms with van der Waals surface area (Å²) in [6.45, 7) is 1.79. The molecule has 0 heterocycles. The van der Waals surface area contributed by atoms with Gasteiger partial charge in [-0.15, -0.1) is 0 Å². The van der Waals surface area contributed by atoms with Gasteiger partial charge >= 0.3 is 6.18 Å². The maximum atomic E-state index is 12.9. The number of nitrogens with one attached hydrogen (secondary N) is 1. The quantitative estimate of drug-likeness (QED) is 0.637. The lowest BCUT2D eigenvalue weighted by Crippen LogP contribution is -2.33. The lowest BCUT2D eigenvalue weighted by molar-refractivity contribution is -0.137. The van der Waals surface area contributed by atoms with Crippen LogP contribution in [-0.2, 0) is 22.4 Å². The van der Waals surface area contributed by atoms with Crippen LogP contribution in [0.3, 0.4) is 0 Å². The molecule has 132 valence electrons. The third-order valence-electron chi connectivity index (χ3n) is 3.36. The molecule has 2 aromatic carbocycles. The lowest BCUT2D eigenvalue weighted by Gasteiger charge is -2.11. The minimum absolute atomic E-state index is 0.133. The number of carbonyl (C=O) groups excluding carboxylic acids is 1. The molecule has 0 aliphatic rings. The molecule has 7 heteroatoms. The number of hydrogen-bond donors (Lipinski definition) is 1. The Labute approximate surface area is 143 Å². The Morgan fingerprint density at radius 2 is 1.80 bits per heavy atom. The number of carbonyl (C=O) groups is 1. The monoisotopic (exact) mass is 350 g/mol. The van der Waals surface area contributed by atoms with Crippen molar-refractivity contribution in [2.75, 3.05) is 0 Å². The van der Waals surface area contributed by atoms with Crippen LogP contribution >= 0.6 is 0 Å². The maximum Gasteiger partial charge on any atom is 0.417 e. The van der Waals surface area contributed by atoms with Gasteiger partial charge in [0.2, 0.25) is 6.10 Å². The van der Waals surface area contributed by atoms with Crippen LogP contribution in [0.1, 0.15) is 23.6 Å². The molecule has 2 aromatic rings. The van der Waals surface area contributed by atoms with E-state index in [9.17, 15) is 18.0 Å². The molecule has 0 bridgehead atoms. The second-order valence-corrected chi connectivity index (χ2v) is 5.27. The third-order valence-corrected chi connectivity index (χ3v) is 3.36. The van der Waals surface area contributed by atoms with Crippen molar-refractivity contribution in [3.8, 4) is 0 Å². The van der Waals surface area contributed by atoms with Crippen LogP contribution < -0.4 is 5.32 Å². The number of halogens is 3. The molecule has 0 aromatic heterocycles. The van der Waals surface area contributed by atoms with E-state index in [4.69, 9.17) is 4.84 Å². The Morgan fingerprint density at radius 3 is 2.48 bits per heavy atom. The van der Waals surface area contributed by atoms with E-state index in [2.05, 4.69) is 10.5 Å². The van der Waals surface area contributed by atoms with Crippen LogP contribution in [0.25, 0.3) is 0 Å². The van der Waals surface area contributed by atoms with Crippen molar-refractivity contribution >= 4 is 12.1 Å². The predicted molar refractivity (Wildman–Crippen MR) is 87.9 cm³/mol. The molecule has 0 unspecified atom stereocenters. The van der Waals surface area contributed by atoms with Gasteiger partial charge in [0.05, 0.1) is 11.8 Å². The van der Waals surface area contributed by atoms with Gasteiger partial charge in [-0.2, -0.15) is 13.2 Å². The first-order valence-electron chi connectivity index (χ1n) is 7.55. The van der Waals surface area contributed by atoms with E-state index >= 15 is 0 Å². The zero-order chi connectivity index (χ0) is 18.3. The number of alkyl halides is 3. The smallest absolute Gasteiger partial charge is 0.383 e. The molecule has 0 spiro atoms. The van der Waals surface area contributed by atoms with Crippen molar-refractivity contribution in [2.24, 2.45) is 5.16 Å². The normalized spacial score (nSPS) is 12.8. The molecule has 4 nitrogen and oxygen atoms in total. The molecular formula is C18H17F3N2O2. The average molecular weight is 350 g/mol. The van der Waals surface area contributed by atoms with E-state index in [1.165, 1.54) is 25.1 Å². The molecule has 0 aliphatic heterocycles. The topological polar surface area (TPSA) is 50.7 Å². The Morgan fingerprint density at radius 1 is 1.16 bits per heavy atom. The summed E-state index contributed by atoms with van der Waals surface area (Å²) in [5.74, 6) is -0.412. The third kappa shape index (κ3) is 5.63. The number of amides is 1. The molecule has 25 heavy (non-hydrogen) atoms. The molecule has 1 atom stereocenters. The number of benzene rings is 2. The number of hydrogen-bond acceptors (Lipinski definition) is 3. The van der Waals surface area contributed by atoms with Crippen LogP contribution in [-0.4, -0.2) is 18.2 Å². The number of oxime groups is 1. The minimum atomic E-state index is -4.48. The maximum absolute atomic E-state index is 12.9. The molecular weight excluding hydrogens is 333 g/mol. The van der Waals surface area contributed by atoms with Crippen molar-refractivity contribution in [1.82, 2.24) is 5.32 Å². The van der Waals surface area contributed by atoms with Gasteiger partial charge in [-0.1, -0.05) is 53.7 Å². The SMILES string of the molecule is C[C@@H](O/N=C\c1ccccc1C(F)(F)F)C(=O)NCc1ccccc1. The summed E-state index contributed by atoms with van der Waals surface area (Å²) < 4.78 is 38.6.